The maximum Gasteiger partial charge on any atom is 0.224 e. The molecule has 1 amide bonds. The smallest absolute Gasteiger partial charge is 0.224 e. The number of carbonyl (C=O) groups is 1. The lowest BCUT2D eigenvalue weighted by atomic mass is 9.95. The highest BCUT2D eigenvalue weighted by atomic mass is 79.9. The lowest BCUT2D eigenvalue weighted by molar-refractivity contribution is -0.126. The molecule has 0 fully saturated rings. The monoisotopic (exact) mass is 316 g/mol. The molecule has 0 saturated carbocycles. The summed E-state index contributed by atoms with van der Waals surface area (Å²) in [6, 6.07) is 4.65. The molecule has 0 aliphatic carbocycles. The first kappa shape index (κ1) is 15.1. The first-order valence-corrected chi connectivity index (χ1v) is 6.66. The van der Waals surface area contributed by atoms with E-state index in [1.54, 1.807) is 12.1 Å². The Labute approximate surface area is 115 Å². The first-order chi connectivity index (χ1) is 8.45. The van der Waals surface area contributed by atoms with Gasteiger partial charge < -0.3 is 11.1 Å². The Balaban J connectivity index is 2.64. The zero-order valence-electron chi connectivity index (χ0n) is 10.5. The summed E-state index contributed by atoms with van der Waals surface area (Å²) in [5.74, 6) is -0.526. The fourth-order valence-corrected chi connectivity index (χ4v) is 2.08. The second-order valence-corrected chi connectivity index (χ2v) is 5.46. The highest BCUT2D eigenvalue weighted by Gasteiger charge is 2.20. The van der Waals surface area contributed by atoms with Crippen LogP contribution < -0.4 is 11.1 Å². The highest BCUT2D eigenvalue weighted by Crippen LogP contribution is 2.16. The van der Waals surface area contributed by atoms with Crippen LogP contribution in [0.15, 0.2) is 22.7 Å². The van der Waals surface area contributed by atoms with E-state index in [0.29, 0.717) is 12.1 Å². The third-order valence-corrected chi connectivity index (χ3v) is 3.35. The Hall–Kier alpha value is -0.940. The number of halogens is 2. The SMILES string of the molecule is CC(C)C(CN)C(=O)NCc1cc(Br)ccc1F. The summed E-state index contributed by atoms with van der Waals surface area (Å²) >= 11 is 3.27. The van der Waals surface area contributed by atoms with Crippen molar-refractivity contribution in [1.82, 2.24) is 5.32 Å². The van der Waals surface area contributed by atoms with E-state index in [4.69, 9.17) is 5.73 Å². The van der Waals surface area contributed by atoms with Gasteiger partial charge in [-0.3, -0.25) is 4.79 Å². The summed E-state index contributed by atoms with van der Waals surface area (Å²) in [6.07, 6.45) is 0. The van der Waals surface area contributed by atoms with Crippen LogP contribution in [-0.4, -0.2) is 12.5 Å². The van der Waals surface area contributed by atoms with E-state index in [2.05, 4.69) is 21.2 Å². The molecule has 0 aromatic heterocycles. The van der Waals surface area contributed by atoms with E-state index in [0.717, 1.165) is 4.47 Å². The van der Waals surface area contributed by atoms with Crippen LogP contribution in [0.4, 0.5) is 4.39 Å². The normalized spacial score (nSPS) is 12.6. The van der Waals surface area contributed by atoms with E-state index >= 15 is 0 Å². The third-order valence-electron chi connectivity index (χ3n) is 2.86. The molecule has 0 spiro atoms. The van der Waals surface area contributed by atoms with E-state index in [1.165, 1.54) is 6.07 Å². The largest absolute Gasteiger partial charge is 0.352 e. The van der Waals surface area contributed by atoms with Crippen LogP contribution in [0.1, 0.15) is 19.4 Å². The van der Waals surface area contributed by atoms with E-state index in [9.17, 15) is 9.18 Å². The summed E-state index contributed by atoms with van der Waals surface area (Å²) < 4.78 is 14.2. The molecule has 0 bridgehead atoms. The van der Waals surface area contributed by atoms with Gasteiger partial charge in [-0.25, -0.2) is 4.39 Å². The van der Waals surface area contributed by atoms with E-state index < -0.39 is 0 Å². The van der Waals surface area contributed by atoms with Crippen molar-refractivity contribution in [3.8, 4) is 0 Å². The Kier molecular flexibility index (Phi) is 5.75. The minimum Gasteiger partial charge on any atom is -0.352 e. The van der Waals surface area contributed by atoms with E-state index in [1.807, 2.05) is 13.8 Å². The standard InChI is InChI=1S/C13H18BrFN2O/c1-8(2)11(6-16)13(18)17-7-9-5-10(14)3-4-12(9)15/h3-5,8,11H,6-7,16H2,1-2H3,(H,17,18). The van der Waals surface area contributed by atoms with Crippen LogP contribution >= 0.6 is 15.9 Å². The van der Waals surface area contributed by atoms with Gasteiger partial charge >= 0.3 is 0 Å². The molecule has 1 rings (SSSR count). The lowest BCUT2D eigenvalue weighted by Crippen LogP contribution is -2.37. The predicted molar refractivity (Wildman–Crippen MR) is 73.3 cm³/mol. The Morgan fingerprint density at radius 2 is 2.17 bits per heavy atom. The molecule has 3 nitrogen and oxygen atoms in total. The molecule has 1 unspecified atom stereocenters. The van der Waals surface area contributed by atoms with Gasteiger partial charge in [-0.2, -0.15) is 0 Å². The zero-order valence-corrected chi connectivity index (χ0v) is 12.1. The first-order valence-electron chi connectivity index (χ1n) is 5.87. The number of hydrogen-bond acceptors (Lipinski definition) is 2. The van der Waals surface area contributed by atoms with Crippen molar-refractivity contribution < 1.29 is 9.18 Å². The van der Waals surface area contributed by atoms with Crippen LogP contribution in [0, 0.1) is 17.7 Å². The molecule has 5 heteroatoms. The molecule has 100 valence electrons. The maximum absolute atomic E-state index is 13.5. The molecule has 0 aliphatic rings. The van der Waals surface area contributed by atoms with Crippen LogP contribution in [-0.2, 0) is 11.3 Å². The number of benzene rings is 1. The summed E-state index contributed by atoms with van der Waals surface area (Å²) in [5, 5.41) is 2.72. The second-order valence-electron chi connectivity index (χ2n) is 4.54. The van der Waals surface area contributed by atoms with Crippen molar-refractivity contribution in [3.63, 3.8) is 0 Å². The summed E-state index contributed by atoms with van der Waals surface area (Å²) in [7, 11) is 0. The van der Waals surface area contributed by atoms with Crippen LogP contribution in [0.25, 0.3) is 0 Å². The van der Waals surface area contributed by atoms with Crippen molar-refractivity contribution in [2.75, 3.05) is 6.54 Å². The molecule has 18 heavy (non-hydrogen) atoms. The Morgan fingerprint density at radius 3 is 2.72 bits per heavy atom. The lowest BCUT2D eigenvalue weighted by Gasteiger charge is -2.18. The van der Waals surface area contributed by atoms with Gasteiger partial charge in [0.2, 0.25) is 5.91 Å². The van der Waals surface area contributed by atoms with Crippen LogP contribution in [0.5, 0.6) is 0 Å². The number of hydrogen-bond donors (Lipinski definition) is 2. The minimum atomic E-state index is -0.327. The van der Waals surface area contributed by atoms with Gasteiger partial charge in [-0.05, 0) is 24.1 Å². The number of nitrogens with one attached hydrogen (secondary N) is 1. The van der Waals surface area contributed by atoms with Crippen molar-refractivity contribution in [1.29, 1.82) is 0 Å². The fraction of sp³-hybridized carbons (Fsp3) is 0.462. The molecule has 0 saturated heterocycles. The molecule has 1 aromatic rings. The average Bonchev–Trinajstić information content (AvgIpc) is 2.30. The molecule has 0 aliphatic heterocycles. The van der Waals surface area contributed by atoms with E-state index in [-0.39, 0.29) is 30.1 Å². The fourth-order valence-electron chi connectivity index (χ4n) is 1.67. The topological polar surface area (TPSA) is 55.1 Å². The molecular weight excluding hydrogens is 299 g/mol. The second kappa shape index (κ2) is 6.85. The van der Waals surface area contributed by atoms with Crippen molar-refractivity contribution >= 4 is 21.8 Å². The molecule has 3 N–H and O–H groups in total. The van der Waals surface area contributed by atoms with Gasteiger partial charge in [0.1, 0.15) is 5.82 Å². The molecular formula is C13H18BrFN2O. The summed E-state index contributed by atoms with van der Waals surface area (Å²) in [5.41, 5.74) is 6.01. The third kappa shape index (κ3) is 4.07. The Morgan fingerprint density at radius 1 is 1.50 bits per heavy atom. The van der Waals surface area contributed by atoms with Gasteiger partial charge in [0.25, 0.3) is 0 Å². The van der Waals surface area contributed by atoms with Crippen molar-refractivity contribution in [2.24, 2.45) is 17.6 Å². The van der Waals surface area contributed by atoms with Gasteiger partial charge in [-0.15, -0.1) is 0 Å². The maximum atomic E-state index is 13.5. The highest BCUT2D eigenvalue weighted by molar-refractivity contribution is 9.10. The van der Waals surface area contributed by atoms with Gasteiger partial charge in [-0.1, -0.05) is 29.8 Å². The number of nitrogens with two attached hydrogens (primary N) is 1. The zero-order chi connectivity index (χ0) is 13.7. The molecule has 0 heterocycles. The van der Waals surface area contributed by atoms with Crippen LogP contribution in [0.2, 0.25) is 0 Å². The van der Waals surface area contributed by atoms with Crippen molar-refractivity contribution in [3.05, 3.63) is 34.1 Å². The summed E-state index contributed by atoms with van der Waals surface area (Å²) in [4.78, 5) is 11.9. The summed E-state index contributed by atoms with van der Waals surface area (Å²) in [6.45, 7) is 4.35. The Bertz CT molecular complexity index is 423. The number of amides is 1. The number of carbonyl (C=O) groups excluding carboxylic acids is 1. The molecule has 1 aromatic carbocycles. The van der Waals surface area contributed by atoms with Crippen molar-refractivity contribution in [2.45, 2.75) is 20.4 Å². The quantitative estimate of drug-likeness (QED) is 0.876. The average molecular weight is 317 g/mol. The van der Waals surface area contributed by atoms with Crippen LogP contribution in [0.3, 0.4) is 0 Å². The molecule has 0 radical (unpaired) electrons. The minimum absolute atomic E-state index is 0.133. The van der Waals surface area contributed by atoms with Gasteiger partial charge in [0, 0.05) is 23.1 Å². The van der Waals surface area contributed by atoms with Gasteiger partial charge in [0.15, 0.2) is 0 Å². The predicted octanol–water partition coefficient (Wildman–Crippen LogP) is 2.44. The number of rotatable bonds is 5. The molecule has 1 atom stereocenters. The van der Waals surface area contributed by atoms with Gasteiger partial charge in [0.05, 0.1) is 5.92 Å².